The zero-order valence-corrected chi connectivity index (χ0v) is 12.1. The van der Waals surface area contributed by atoms with E-state index in [1.54, 1.807) is 33.4 Å². The van der Waals surface area contributed by atoms with Crippen molar-refractivity contribution in [2.45, 2.75) is 72.6 Å². The lowest BCUT2D eigenvalue weighted by Gasteiger charge is -2.23. The highest BCUT2D eigenvalue weighted by molar-refractivity contribution is 5.54. The third kappa shape index (κ3) is 1.92. The van der Waals surface area contributed by atoms with E-state index in [1.807, 2.05) is 0 Å². The highest BCUT2D eigenvalue weighted by Gasteiger charge is 2.24. The Labute approximate surface area is 106 Å². The first-order chi connectivity index (χ1) is 8.11. The molecule has 1 aliphatic carbocycles. The summed E-state index contributed by atoms with van der Waals surface area (Å²) in [5, 5.41) is 0. The molecule has 0 heterocycles. The second-order valence-corrected chi connectivity index (χ2v) is 5.67. The molecule has 17 heavy (non-hydrogen) atoms. The van der Waals surface area contributed by atoms with Gasteiger partial charge in [0.15, 0.2) is 0 Å². The van der Waals surface area contributed by atoms with Crippen LogP contribution >= 0.6 is 0 Å². The molecule has 2 rings (SSSR count). The van der Waals surface area contributed by atoms with Crippen molar-refractivity contribution >= 4 is 0 Å². The SMILES string of the molecule is CCc1c(C)c2c(c(C(C)C)c1CC)CCC2. The largest absolute Gasteiger partial charge is 0.0613 e. The molecule has 0 atom stereocenters. The summed E-state index contributed by atoms with van der Waals surface area (Å²) in [5.41, 5.74) is 10.0. The molecule has 0 fully saturated rings. The normalized spacial score (nSPS) is 14.5. The van der Waals surface area contributed by atoms with Crippen LogP contribution in [0.2, 0.25) is 0 Å². The Balaban J connectivity index is 2.76. The maximum Gasteiger partial charge on any atom is -0.0213 e. The standard InChI is InChI=1S/C17H26/c1-6-13-12(5)15-9-8-10-16(15)17(11(3)4)14(13)7-2/h11H,6-10H2,1-5H3. The van der Waals surface area contributed by atoms with Crippen molar-refractivity contribution in [2.24, 2.45) is 0 Å². The quantitative estimate of drug-likeness (QED) is 0.704. The van der Waals surface area contributed by atoms with Crippen LogP contribution < -0.4 is 0 Å². The van der Waals surface area contributed by atoms with Crippen LogP contribution in [0.5, 0.6) is 0 Å². The van der Waals surface area contributed by atoms with Gasteiger partial charge in [-0.2, -0.15) is 0 Å². The summed E-state index contributed by atoms with van der Waals surface area (Å²) in [6, 6.07) is 0. The van der Waals surface area contributed by atoms with E-state index < -0.39 is 0 Å². The number of hydrogen-bond donors (Lipinski definition) is 0. The van der Waals surface area contributed by atoms with Gasteiger partial charge < -0.3 is 0 Å². The minimum Gasteiger partial charge on any atom is -0.0613 e. The number of benzene rings is 1. The first-order valence-corrected chi connectivity index (χ1v) is 7.27. The molecule has 0 heteroatoms. The van der Waals surface area contributed by atoms with Gasteiger partial charge in [-0.05, 0) is 78.3 Å². The van der Waals surface area contributed by atoms with Gasteiger partial charge in [0.2, 0.25) is 0 Å². The van der Waals surface area contributed by atoms with Gasteiger partial charge in [-0.1, -0.05) is 27.7 Å². The Hall–Kier alpha value is -0.780. The molecule has 94 valence electrons. The Morgan fingerprint density at radius 2 is 1.53 bits per heavy atom. The first kappa shape index (κ1) is 12.7. The average molecular weight is 230 g/mol. The van der Waals surface area contributed by atoms with E-state index in [0.29, 0.717) is 5.92 Å². The second-order valence-electron chi connectivity index (χ2n) is 5.67. The Kier molecular flexibility index (Phi) is 3.61. The maximum absolute atomic E-state index is 2.36. The third-order valence-corrected chi connectivity index (χ3v) is 4.42. The first-order valence-electron chi connectivity index (χ1n) is 7.27. The molecule has 0 radical (unpaired) electrons. The van der Waals surface area contributed by atoms with Gasteiger partial charge in [-0.3, -0.25) is 0 Å². The van der Waals surface area contributed by atoms with E-state index in [9.17, 15) is 0 Å². The number of hydrogen-bond acceptors (Lipinski definition) is 0. The van der Waals surface area contributed by atoms with Gasteiger partial charge in [0.05, 0.1) is 0 Å². The van der Waals surface area contributed by atoms with Gasteiger partial charge >= 0.3 is 0 Å². The molecule has 1 aromatic carbocycles. The molecular weight excluding hydrogens is 204 g/mol. The van der Waals surface area contributed by atoms with E-state index in [1.165, 1.54) is 32.1 Å². The molecule has 0 bridgehead atoms. The lowest BCUT2D eigenvalue weighted by atomic mass is 9.82. The van der Waals surface area contributed by atoms with Crippen molar-refractivity contribution < 1.29 is 0 Å². The zero-order valence-electron chi connectivity index (χ0n) is 12.1. The Morgan fingerprint density at radius 1 is 0.941 bits per heavy atom. The lowest BCUT2D eigenvalue weighted by Crippen LogP contribution is -2.09. The fourth-order valence-electron chi connectivity index (χ4n) is 3.79. The minimum atomic E-state index is 0.683. The summed E-state index contributed by atoms with van der Waals surface area (Å²) in [7, 11) is 0. The molecule has 0 spiro atoms. The van der Waals surface area contributed by atoms with Crippen LogP contribution in [0.4, 0.5) is 0 Å². The Bertz CT molecular complexity index is 424. The van der Waals surface area contributed by atoms with E-state index >= 15 is 0 Å². The van der Waals surface area contributed by atoms with E-state index in [-0.39, 0.29) is 0 Å². The second kappa shape index (κ2) is 4.84. The van der Waals surface area contributed by atoms with Crippen molar-refractivity contribution in [1.82, 2.24) is 0 Å². The molecule has 0 aliphatic heterocycles. The van der Waals surface area contributed by atoms with Crippen molar-refractivity contribution in [1.29, 1.82) is 0 Å². The van der Waals surface area contributed by atoms with Crippen LogP contribution in [0.25, 0.3) is 0 Å². The highest BCUT2D eigenvalue weighted by atomic mass is 14.3. The van der Waals surface area contributed by atoms with E-state index in [0.717, 1.165) is 0 Å². The average Bonchev–Trinajstić information content (AvgIpc) is 2.76. The molecule has 0 N–H and O–H groups in total. The molecule has 1 aliphatic rings. The van der Waals surface area contributed by atoms with Crippen LogP contribution in [-0.4, -0.2) is 0 Å². The number of rotatable bonds is 3. The molecule has 0 saturated heterocycles. The van der Waals surface area contributed by atoms with Gasteiger partial charge in [0.25, 0.3) is 0 Å². The summed E-state index contributed by atoms with van der Waals surface area (Å²) in [6.45, 7) is 11.7. The maximum atomic E-state index is 2.36. The van der Waals surface area contributed by atoms with Crippen LogP contribution in [0.1, 0.15) is 73.4 Å². The van der Waals surface area contributed by atoms with Gasteiger partial charge in [0.1, 0.15) is 0 Å². The highest BCUT2D eigenvalue weighted by Crippen LogP contribution is 2.38. The van der Waals surface area contributed by atoms with Crippen molar-refractivity contribution in [2.75, 3.05) is 0 Å². The van der Waals surface area contributed by atoms with Crippen molar-refractivity contribution in [3.63, 3.8) is 0 Å². The smallest absolute Gasteiger partial charge is 0.0213 e. The van der Waals surface area contributed by atoms with Crippen LogP contribution in [0.15, 0.2) is 0 Å². The van der Waals surface area contributed by atoms with Gasteiger partial charge in [0, 0.05) is 0 Å². The summed E-state index contributed by atoms with van der Waals surface area (Å²) in [6.07, 6.45) is 6.40. The fourth-order valence-corrected chi connectivity index (χ4v) is 3.79. The predicted molar refractivity (Wildman–Crippen MR) is 76.0 cm³/mol. The zero-order chi connectivity index (χ0) is 12.6. The van der Waals surface area contributed by atoms with Gasteiger partial charge in [-0.25, -0.2) is 0 Å². The summed E-state index contributed by atoms with van der Waals surface area (Å²) in [5.74, 6) is 0.683. The summed E-state index contributed by atoms with van der Waals surface area (Å²) >= 11 is 0. The van der Waals surface area contributed by atoms with Gasteiger partial charge in [-0.15, -0.1) is 0 Å². The topological polar surface area (TPSA) is 0 Å². The summed E-state index contributed by atoms with van der Waals surface area (Å²) < 4.78 is 0. The molecule has 1 aromatic rings. The Morgan fingerprint density at radius 3 is 2.06 bits per heavy atom. The minimum absolute atomic E-state index is 0.683. The molecule has 0 unspecified atom stereocenters. The van der Waals surface area contributed by atoms with Crippen molar-refractivity contribution in [3.05, 3.63) is 33.4 Å². The molecule has 0 aromatic heterocycles. The molecule has 0 saturated carbocycles. The molecule has 0 nitrogen and oxygen atoms in total. The predicted octanol–water partition coefficient (Wildman–Crippen LogP) is 4.73. The van der Waals surface area contributed by atoms with Crippen LogP contribution in [0.3, 0.4) is 0 Å². The van der Waals surface area contributed by atoms with Crippen LogP contribution in [-0.2, 0) is 25.7 Å². The van der Waals surface area contributed by atoms with Crippen molar-refractivity contribution in [3.8, 4) is 0 Å². The van der Waals surface area contributed by atoms with Crippen LogP contribution in [0, 0.1) is 6.92 Å². The molecular formula is C17H26. The fraction of sp³-hybridized carbons (Fsp3) is 0.647. The number of fused-ring (bicyclic) bond motifs is 1. The molecule has 0 amide bonds. The lowest BCUT2D eigenvalue weighted by molar-refractivity contribution is 0.810. The van der Waals surface area contributed by atoms with E-state index in [2.05, 4.69) is 34.6 Å². The van der Waals surface area contributed by atoms with E-state index in [4.69, 9.17) is 0 Å². The monoisotopic (exact) mass is 230 g/mol. The third-order valence-electron chi connectivity index (χ3n) is 4.42. The summed E-state index contributed by atoms with van der Waals surface area (Å²) in [4.78, 5) is 0.